The molecule has 2 aliphatic heterocycles. The van der Waals surface area contributed by atoms with Gasteiger partial charge in [0.15, 0.2) is 0 Å². The summed E-state index contributed by atoms with van der Waals surface area (Å²) in [4.78, 5) is 28.1. The Morgan fingerprint density at radius 1 is 0.765 bits per heavy atom. The number of carbonyl (C=O) groups excluding carboxylic acids is 2. The predicted molar refractivity (Wildman–Crippen MR) is 125 cm³/mol. The predicted octanol–water partition coefficient (Wildman–Crippen LogP) is 0.998. The number of amides is 2. The number of anilines is 1. The van der Waals surface area contributed by atoms with Crippen LogP contribution in [-0.4, -0.2) is 70.6 Å². The van der Waals surface area contributed by atoms with E-state index in [1.54, 1.807) is 34.1 Å². The van der Waals surface area contributed by atoms with Crippen LogP contribution in [0.2, 0.25) is 0 Å². The number of nitrogens with two attached hydrogens (primary N) is 1. The van der Waals surface area contributed by atoms with Gasteiger partial charge in [0.25, 0.3) is 5.91 Å². The van der Waals surface area contributed by atoms with Gasteiger partial charge in [-0.15, -0.1) is 0 Å². The van der Waals surface area contributed by atoms with E-state index >= 15 is 0 Å². The first-order valence-corrected chi connectivity index (χ1v) is 13.9. The van der Waals surface area contributed by atoms with Gasteiger partial charge in [-0.25, -0.2) is 22.0 Å². The largest absolute Gasteiger partial charge is 0.336 e. The molecule has 2 aliphatic rings. The number of piperazine rings is 1. The average Bonchev–Trinajstić information content (AvgIpc) is 2.84. The quantitative estimate of drug-likeness (QED) is 0.642. The van der Waals surface area contributed by atoms with Gasteiger partial charge in [0.05, 0.1) is 9.79 Å². The fraction of sp³-hybridized carbons (Fsp3) is 0.364. The molecule has 0 atom stereocenters. The van der Waals surface area contributed by atoms with E-state index in [1.165, 1.54) is 16.4 Å². The van der Waals surface area contributed by atoms with Crippen molar-refractivity contribution in [3.05, 3.63) is 54.1 Å². The second-order valence-electron chi connectivity index (χ2n) is 8.26. The van der Waals surface area contributed by atoms with Crippen LogP contribution in [0.4, 0.5) is 5.69 Å². The molecule has 0 aromatic heterocycles. The Balaban J connectivity index is 1.39. The zero-order valence-corrected chi connectivity index (χ0v) is 20.1. The van der Waals surface area contributed by atoms with E-state index in [1.807, 2.05) is 0 Å². The summed E-state index contributed by atoms with van der Waals surface area (Å²) in [6, 6.07) is 11.6. The van der Waals surface area contributed by atoms with E-state index in [2.05, 4.69) is 0 Å². The van der Waals surface area contributed by atoms with Crippen molar-refractivity contribution in [2.45, 2.75) is 29.1 Å². The Bertz CT molecular complexity index is 1280. The Morgan fingerprint density at radius 3 is 1.91 bits per heavy atom. The van der Waals surface area contributed by atoms with Crippen molar-refractivity contribution in [2.75, 3.05) is 37.6 Å². The van der Waals surface area contributed by atoms with Crippen molar-refractivity contribution in [3.63, 3.8) is 0 Å². The van der Waals surface area contributed by atoms with Crippen LogP contribution in [-0.2, 0) is 24.8 Å². The minimum atomic E-state index is -3.92. The number of nitrogens with zero attached hydrogens (tertiary/aromatic N) is 3. The van der Waals surface area contributed by atoms with E-state index in [0.717, 1.165) is 30.7 Å². The summed E-state index contributed by atoms with van der Waals surface area (Å²) in [5.41, 5.74) is 1.24. The fourth-order valence-corrected chi connectivity index (χ4v) is 6.06. The van der Waals surface area contributed by atoms with Crippen LogP contribution < -0.4 is 10.0 Å². The van der Waals surface area contributed by atoms with E-state index in [4.69, 9.17) is 5.14 Å². The Labute approximate surface area is 199 Å². The van der Waals surface area contributed by atoms with E-state index < -0.39 is 20.0 Å². The van der Waals surface area contributed by atoms with Crippen LogP contribution in [0, 0.1) is 0 Å². The Hall–Kier alpha value is -2.80. The van der Waals surface area contributed by atoms with Gasteiger partial charge in [0.2, 0.25) is 26.0 Å². The lowest BCUT2D eigenvalue weighted by Gasteiger charge is -2.34. The van der Waals surface area contributed by atoms with Crippen molar-refractivity contribution < 1.29 is 26.4 Å². The zero-order chi connectivity index (χ0) is 24.5. The van der Waals surface area contributed by atoms with Crippen molar-refractivity contribution in [3.8, 4) is 0 Å². The van der Waals surface area contributed by atoms with E-state index in [9.17, 15) is 26.4 Å². The lowest BCUT2D eigenvalue weighted by atomic mass is 10.1. The lowest BCUT2D eigenvalue weighted by Crippen LogP contribution is -2.50. The van der Waals surface area contributed by atoms with Crippen LogP contribution in [0.15, 0.2) is 58.3 Å². The topological polar surface area (TPSA) is 138 Å². The van der Waals surface area contributed by atoms with Gasteiger partial charge < -0.3 is 9.80 Å². The van der Waals surface area contributed by atoms with Gasteiger partial charge in [0, 0.05) is 50.4 Å². The van der Waals surface area contributed by atoms with Crippen molar-refractivity contribution in [2.24, 2.45) is 5.14 Å². The molecule has 0 spiro atoms. The highest BCUT2D eigenvalue weighted by Crippen LogP contribution is 2.23. The normalized spacial score (nSPS) is 18.2. The number of sulfonamides is 2. The lowest BCUT2D eigenvalue weighted by molar-refractivity contribution is -0.119. The number of hydrogen-bond donors (Lipinski definition) is 1. The monoisotopic (exact) mass is 506 g/mol. The van der Waals surface area contributed by atoms with Crippen LogP contribution >= 0.6 is 0 Å². The van der Waals surface area contributed by atoms with Gasteiger partial charge in [-0.1, -0.05) is 0 Å². The minimum Gasteiger partial charge on any atom is -0.336 e. The van der Waals surface area contributed by atoms with Gasteiger partial charge in [-0.3, -0.25) is 9.59 Å². The maximum atomic E-state index is 12.9. The number of carbonyl (C=O) groups is 2. The number of rotatable bonds is 5. The molecule has 0 saturated carbocycles. The van der Waals surface area contributed by atoms with Crippen LogP contribution in [0.25, 0.3) is 0 Å². The fourth-order valence-electron chi connectivity index (χ4n) is 4.13. The van der Waals surface area contributed by atoms with Crippen LogP contribution in [0.1, 0.15) is 29.6 Å². The maximum absolute atomic E-state index is 12.9. The first-order valence-electron chi connectivity index (χ1n) is 10.9. The van der Waals surface area contributed by atoms with E-state index in [-0.39, 0.29) is 47.8 Å². The molecule has 0 bridgehead atoms. The van der Waals surface area contributed by atoms with Crippen LogP contribution in [0.3, 0.4) is 0 Å². The van der Waals surface area contributed by atoms with Crippen LogP contribution in [0.5, 0.6) is 0 Å². The highest BCUT2D eigenvalue weighted by Gasteiger charge is 2.31. The molecule has 4 rings (SSSR count). The molecule has 2 saturated heterocycles. The molecule has 10 nitrogen and oxygen atoms in total. The standard InChI is InChI=1S/C22H26N4O6S2/c23-33(29,30)19-8-10-20(11-9-19)34(31,32)25-15-13-24(14-16-25)22(28)17-4-6-18(7-5-17)26-12-2-1-3-21(26)27/h4-11H,1-3,12-16H2,(H2,23,29,30). The summed E-state index contributed by atoms with van der Waals surface area (Å²) in [5.74, 6) is -0.118. The smallest absolute Gasteiger partial charge is 0.253 e. The molecular weight excluding hydrogens is 480 g/mol. The number of benzene rings is 2. The van der Waals surface area contributed by atoms with Gasteiger partial charge in [-0.2, -0.15) is 4.31 Å². The molecular formula is C22H26N4O6S2. The molecule has 12 heteroatoms. The molecule has 0 unspecified atom stereocenters. The molecule has 2 heterocycles. The summed E-state index contributed by atoms with van der Waals surface area (Å²) in [6.07, 6.45) is 2.38. The number of piperidine rings is 1. The number of primary sulfonamides is 1. The Morgan fingerprint density at radius 2 is 1.35 bits per heavy atom. The third-order valence-electron chi connectivity index (χ3n) is 6.07. The molecule has 0 aliphatic carbocycles. The summed E-state index contributed by atoms with van der Waals surface area (Å²) in [7, 11) is -7.76. The van der Waals surface area contributed by atoms with Crippen molar-refractivity contribution >= 4 is 37.5 Å². The molecule has 2 N–H and O–H groups in total. The molecule has 0 radical (unpaired) electrons. The van der Waals surface area contributed by atoms with Gasteiger partial charge in [-0.05, 0) is 61.4 Å². The third-order valence-corrected chi connectivity index (χ3v) is 8.91. The first kappa shape index (κ1) is 24.3. The second kappa shape index (κ2) is 9.45. The third kappa shape index (κ3) is 4.99. The molecule has 2 amide bonds. The van der Waals surface area contributed by atoms with Gasteiger partial charge in [0.1, 0.15) is 0 Å². The van der Waals surface area contributed by atoms with Gasteiger partial charge >= 0.3 is 0 Å². The zero-order valence-electron chi connectivity index (χ0n) is 18.5. The van der Waals surface area contributed by atoms with E-state index in [0.29, 0.717) is 18.5 Å². The second-order valence-corrected chi connectivity index (χ2v) is 11.8. The molecule has 2 aromatic carbocycles. The molecule has 182 valence electrons. The summed E-state index contributed by atoms with van der Waals surface area (Å²) < 4.78 is 49.9. The summed E-state index contributed by atoms with van der Waals surface area (Å²) in [6.45, 7) is 1.35. The first-order chi connectivity index (χ1) is 16.1. The molecule has 34 heavy (non-hydrogen) atoms. The Kier molecular flexibility index (Phi) is 6.76. The maximum Gasteiger partial charge on any atom is 0.253 e. The highest BCUT2D eigenvalue weighted by molar-refractivity contribution is 7.89. The average molecular weight is 507 g/mol. The molecule has 2 fully saturated rings. The molecule has 2 aromatic rings. The summed E-state index contributed by atoms with van der Waals surface area (Å²) in [5, 5.41) is 5.06. The SMILES string of the molecule is NS(=O)(=O)c1ccc(S(=O)(=O)N2CCN(C(=O)c3ccc(N4CCCCC4=O)cc3)CC2)cc1. The summed E-state index contributed by atoms with van der Waals surface area (Å²) >= 11 is 0. The van der Waals surface area contributed by atoms with Crippen molar-refractivity contribution in [1.29, 1.82) is 0 Å². The number of hydrogen-bond acceptors (Lipinski definition) is 6. The van der Waals surface area contributed by atoms with Crippen molar-refractivity contribution in [1.82, 2.24) is 9.21 Å². The highest BCUT2D eigenvalue weighted by atomic mass is 32.2. The minimum absolute atomic E-state index is 0.0393.